The molecule has 0 amide bonds. The van der Waals surface area contributed by atoms with Crippen LogP contribution >= 0.6 is 31.9 Å². The van der Waals surface area contributed by atoms with Crippen molar-refractivity contribution >= 4 is 48.9 Å². The fourth-order valence-corrected chi connectivity index (χ4v) is 3.01. The van der Waals surface area contributed by atoms with E-state index in [1.807, 2.05) is 18.2 Å². The van der Waals surface area contributed by atoms with E-state index in [9.17, 15) is 0 Å². The third-order valence-corrected chi connectivity index (χ3v) is 4.34. The van der Waals surface area contributed by atoms with Crippen LogP contribution in [0.25, 0.3) is 0 Å². The van der Waals surface area contributed by atoms with Crippen molar-refractivity contribution in [2.75, 3.05) is 4.90 Å². The Kier molecular flexibility index (Phi) is 4.42. The van der Waals surface area contributed by atoms with Gasteiger partial charge in [-0.3, -0.25) is 0 Å². The summed E-state index contributed by atoms with van der Waals surface area (Å²) in [4.78, 5) is 2.23. The van der Waals surface area contributed by atoms with Gasteiger partial charge in [-0.15, -0.1) is 0 Å². The SMILES string of the molecule is Brc1ccc(Br)c(N(c2ccccc2)c2ccccc2)c1. The summed E-state index contributed by atoms with van der Waals surface area (Å²) in [6, 6.07) is 26.9. The minimum absolute atomic E-state index is 1.05. The molecule has 0 atom stereocenters. The summed E-state index contributed by atoms with van der Waals surface area (Å²) in [7, 11) is 0. The lowest BCUT2D eigenvalue weighted by Gasteiger charge is -2.26. The van der Waals surface area contributed by atoms with E-state index in [0.29, 0.717) is 0 Å². The van der Waals surface area contributed by atoms with Crippen molar-refractivity contribution in [2.24, 2.45) is 0 Å². The summed E-state index contributed by atoms with van der Waals surface area (Å²) < 4.78 is 2.11. The van der Waals surface area contributed by atoms with Gasteiger partial charge in [0.25, 0.3) is 0 Å². The van der Waals surface area contributed by atoms with Crippen LogP contribution in [0.2, 0.25) is 0 Å². The van der Waals surface area contributed by atoms with E-state index in [1.54, 1.807) is 0 Å². The Balaban J connectivity index is 2.20. The fourth-order valence-electron chi connectivity index (χ4n) is 2.24. The summed E-state index contributed by atoms with van der Waals surface area (Å²) in [5, 5.41) is 0. The third-order valence-electron chi connectivity index (χ3n) is 3.18. The molecule has 0 saturated carbocycles. The second kappa shape index (κ2) is 6.46. The van der Waals surface area contributed by atoms with Crippen LogP contribution in [0.3, 0.4) is 0 Å². The smallest absolute Gasteiger partial charge is 0.0614 e. The van der Waals surface area contributed by atoms with E-state index in [-0.39, 0.29) is 0 Å². The van der Waals surface area contributed by atoms with Crippen molar-refractivity contribution in [3.63, 3.8) is 0 Å². The van der Waals surface area contributed by atoms with Gasteiger partial charge in [-0.25, -0.2) is 0 Å². The van der Waals surface area contributed by atoms with Gasteiger partial charge >= 0.3 is 0 Å². The lowest BCUT2D eigenvalue weighted by molar-refractivity contribution is 1.27. The van der Waals surface area contributed by atoms with Gasteiger partial charge in [0.1, 0.15) is 0 Å². The first-order valence-corrected chi connectivity index (χ1v) is 8.19. The summed E-state index contributed by atoms with van der Waals surface area (Å²) >= 11 is 7.23. The van der Waals surface area contributed by atoms with Gasteiger partial charge in [-0.1, -0.05) is 52.3 Å². The van der Waals surface area contributed by atoms with Gasteiger partial charge < -0.3 is 4.90 Å². The molecular formula is C18H13Br2N. The molecule has 0 spiro atoms. The lowest BCUT2D eigenvalue weighted by Crippen LogP contribution is -2.10. The molecule has 3 heteroatoms. The van der Waals surface area contributed by atoms with Crippen LogP contribution in [-0.4, -0.2) is 0 Å². The van der Waals surface area contributed by atoms with E-state index in [2.05, 4.69) is 97.4 Å². The van der Waals surface area contributed by atoms with E-state index in [0.717, 1.165) is 26.0 Å². The molecule has 3 aromatic rings. The number of hydrogen-bond donors (Lipinski definition) is 0. The van der Waals surface area contributed by atoms with Gasteiger partial charge in [-0.05, 0) is 58.4 Å². The Hall–Kier alpha value is -1.58. The summed E-state index contributed by atoms with van der Waals surface area (Å²) in [5.74, 6) is 0. The Labute approximate surface area is 141 Å². The molecule has 3 aromatic carbocycles. The largest absolute Gasteiger partial charge is 0.309 e. The highest BCUT2D eigenvalue weighted by molar-refractivity contribution is 9.11. The maximum atomic E-state index is 3.66. The molecule has 0 unspecified atom stereocenters. The van der Waals surface area contributed by atoms with Crippen LogP contribution in [0.15, 0.2) is 87.8 Å². The summed E-state index contributed by atoms with van der Waals surface area (Å²) in [5.41, 5.74) is 3.35. The third kappa shape index (κ3) is 3.20. The highest BCUT2D eigenvalue weighted by Gasteiger charge is 2.14. The average Bonchev–Trinajstić information content (AvgIpc) is 2.53. The van der Waals surface area contributed by atoms with Crippen molar-refractivity contribution < 1.29 is 0 Å². The number of para-hydroxylation sites is 2. The number of benzene rings is 3. The van der Waals surface area contributed by atoms with E-state index < -0.39 is 0 Å². The molecule has 1 nitrogen and oxygen atoms in total. The van der Waals surface area contributed by atoms with Gasteiger partial charge in [0.05, 0.1) is 5.69 Å². The van der Waals surface area contributed by atoms with Crippen LogP contribution in [-0.2, 0) is 0 Å². The van der Waals surface area contributed by atoms with Crippen molar-refractivity contribution in [1.29, 1.82) is 0 Å². The molecule has 0 saturated heterocycles. The first-order chi connectivity index (χ1) is 10.3. The molecule has 0 aliphatic carbocycles. The minimum Gasteiger partial charge on any atom is -0.309 e. The van der Waals surface area contributed by atoms with Gasteiger partial charge in [0.2, 0.25) is 0 Å². The number of anilines is 3. The molecule has 0 heterocycles. The fraction of sp³-hybridized carbons (Fsp3) is 0. The molecule has 0 aliphatic heterocycles. The molecule has 0 aromatic heterocycles. The number of nitrogens with zero attached hydrogens (tertiary/aromatic N) is 1. The quantitative estimate of drug-likeness (QED) is 0.472. The monoisotopic (exact) mass is 401 g/mol. The molecule has 0 bridgehead atoms. The first kappa shape index (κ1) is 14.4. The van der Waals surface area contributed by atoms with Gasteiger partial charge in [-0.2, -0.15) is 0 Å². The molecule has 104 valence electrons. The van der Waals surface area contributed by atoms with Crippen molar-refractivity contribution in [3.8, 4) is 0 Å². The Morgan fingerprint density at radius 2 is 1.14 bits per heavy atom. The van der Waals surface area contributed by atoms with E-state index in [4.69, 9.17) is 0 Å². The molecular weight excluding hydrogens is 390 g/mol. The number of hydrogen-bond acceptors (Lipinski definition) is 1. The zero-order valence-corrected chi connectivity index (χ0v) is 14.4. The van der Waals surface area contributed by atoms with Crippen LogP contribution in [0.5, 0.6) is 0 Å². The predicted molar refractivity (Wildman–Crippen MR) is 96.5 cm³/mol. The normalized spacial score (nSPS) is 10.4. The Morgan fingerprint density at radius 3 is 1.67 bits per heavy atom. The van der Waals surface area contributed by atoms with Crippen LogP contribution in [0.4, 0.5) is 17.1 Å². The highest BCUT2D eigenvalue weighted by Crippen LogP contribution is 2.39. The van der Waals surface area contributed by atoms with Gasteiger partial charge in [0, 0.05) is 20.3 Å². The van der Waals surface area contributed by atoms with Crippen molar-refractivity contribution in [1.82, 2.24) is 0 Å². The molecule has 21 heavy (non-hydrogen) atoms. The maximum absolute atomic E-state index is 3.66. The molecule has 0 aliphatic rings. The van der Waals surface area contributed by atoms with Crippen LogP contribution in [0.1, 0.15) is 0 Å². The van der Waals surface area contributed by atoms with Crippen molar-refractivity contribution in [2.45, 2.75) is 0 Å². The van der Waals surface area contributed by atoms with Crippen LogP contribution in [0, 0.1) is 0 Å². The molecule has 0 N–H and O–H groups in total. The Bertz CT molecular complexity index is 687. The van der Waals surface area contributed by atoms with Crippen molar-refractivity contribution in [3.05, 3.63) is 87.8 Å². The second-order valence-electron chi connectivity index (χ2n) is 4.60. The Morgan fingerprint density at radius 1 is 0.619 bits per heavy atom. The lowest BCUT2D eigenvalue weighted by atomic mass is 10.2. The summed E-state index contributed by atoms with van der Waals surface area (Å²) in [6.07, 6.45) is 0. The van der Waals surface area contributed by atoms with E-state index >= 15 is 0 Å². The minimum atomic E-state index is 1.05. The first-order valence-electron chi connectivity index (χ1n) is 6.61. The standard InChI is InChI=1S/C18H13Br2N/c19-14-11-12-17(20)18(13-14)21(15-7-3-1-4-8-15)16-9-5-2-6-10-16/h1-13H. The highest BCUT2D eigenvalue weighted by atomic mass is 79.9. The summed E-state index contributed by atoms with van der Waals surface area (Å²) in [6.45, 7) is 0. The average molecular weight is 403 g/mol. The maximum Gasteiger partial charge on any atom is 0.0614 e. The molecule has 0 fully saturated rings. The van der Waals surface area contributed by atoms with Gasteiger partial charge in [0.15, 0.2) is 0 Å². The second-order valence-corrected chi connectivity index (χ2v) is 6.37. The zero-order valence-electron chi connectivity index (χ0n) is 11.2. The zero-order chi connectivity index (χ0) is 14.7. The topological polar surface area (TPSA) is 3.24 Å². The molecule has 3 rings (SSSR count). The number of halogens is 2. The van der Waals surface area contributed by atoms with Crippen LogP contribution < -0.4 is 4.90 Å². The number of rotatable bonds is 3. The predicted octanol–water partition coefficient (Wildman–Crippen LogP) is 6.68. The molecule has 0 radical (unpaired) electrons. The van der Waals surface area contributed by atoms with E-state index in [1.165, 1.54) is 0 Å².